The lowest BCUT2D eigenvalue weighted by Gasteiger charge is -2.05. The Kier molecular flexibility index (Phi) is 3.26. The lowest BCUT2D eigenvalue weighted by Crippen LogP contribution is -2.01. The fourth-order valence-electron chi connectivity index (χ4n) is 1.33. The molecule has 0 saturated carbocycles. The molecule has 84 valence electrons. The van der Waals surface area contributed by atoms with E-state index in [1.54, 1.807) is 24.7 Å². The van der Waals surface area contributed by atoms with Gasteiger partial charge >= 0.3 is 0 Å². The first-order chi connectivity index (χ1) is 8.29. The van der Waals surface area contributed by atoms with Crippen molar-refractivity contribution in [1.82, 2.24) is 9.97 Å². The molecule has 4 nitrogen and oxygen atoms in total. The molecule has 1 aromatic heterocycles. The predicted octanol–water partition coefficient (Wildman–Crippen LogP) is 2.78. The second-order valence-corrected chi connectivity index (χ2v) is 3.34. The molecular weight excluding hydrogens is 219 g/mol. The van der Waals surface area contributed by atoms with Crippen LogP contribution in [0.25, 0.3) is 4.85 Å². The topological polar surface area (TPSA) is 42.2 Å². The molecule has 17 heavy (non-hydrogen) atoms. The third kappa shape index (κ3) is 2.75. The maximum absolute atomic E-state index is 13.3. The molecule has 0 spiro atoms. The number of benzene rings is 1. The highest BCUT2D eigenvalue weighted by molar-refractivity contribution is 5.47. The summed E-state index contributed by atoms with van der Waals surface area (Å²) in [5.74, 6) is 0.126. The first-order valence-electron chi connectivity index (χ1n) is 4.95. The maximum Gasteiger partial charge on any atom is 0.222 e. The number of nitrogens with one attached hydrogen (secondary N) is 1. The van der Waals surface area contributed by atoms with Crippen LogP contribution in [-0.4, -0.2) is 9.97 Å². The monoisotopic (exact) mass is 228 g/mol. The fourth-order valence-corrected chi connectivity index (χ4v) is 1.33. The average molecular weight is 228 g/mol. The maximum atomic E-state index is 13.3. The first-order valence-corrected chi connectivity index (χ1v) is 4.95. The molecule has 0 atom stereocenters. The molecule has 0 fully saturated rings. The number of anilines is 1. The third-order valence-electron chi connectivity index (χ3n) is 2.17. The number of hydrogen-bond acceptors (Lipinski definition) is 3. The normalized spacial score (nSPS) is 9.65. The fraction of sp³-hybridized carbons (Fsp3) is 0.0833. The van der Waals surface area contributed by atoms with Gasteiger partial charge in [0.05, 0.1) is 12.8 Å². The highest BCUT2D eigenvalue weighted by Crippen LogP contribution is 2.19. The lowest BCUT2D eigenvalue weighted by molar-refractivity contribution is 0.631. The van der Waals surface area contributed by atoms with Crippen LogP contribution in [0.15, 0.2) is 36.8 Å². The van der Waals surface area contributed by atoms with Crippen LogP contribution in [-0.2, 0) is 6.54 Å². The number of hydrogen-bond donors (Lipinski definition) is 1. The van der Waals surface area contributed by atoms with E-state index in [0.717, 1.165) is 5.56 Å². The minimum absolute atomic E-state index is 0.0354. The summed E-state index contributed by atoms with van der Waals surface area (Å²) in [5.41, 5.74) is 0.786. The summed E-state index contributed by atoms with van der Waals surface area (Å²) in [5, 5.41) is 3.01. The Morgan fingerprint density at radius 2 is 2.24 bits per heavy atom. The molecule has 1 aromatic carbocycles. The zero-order valence-corrected chi connectivity index (χ0v) is 8.89. The molecule has 0 bridgehead atoms. The standard InChI is InChI=1S/C12H9FN4/c1-14-11-3-2-9(6-10(11)13)7-17-12-8-15-4-5-16-12/h2-6,8H,7H2,(H,16,17). The van der Waals surface area contributed by atoms with Gasteiger partial charge in [0.25, 0.3) is 0 Å². The quantitative estimate of drug-likeness (QED) is 0.821. The molecule has 0 aliphatic heterocycles. The van der Waals surface area contributed by atoms with Crippen LogP contribution in [0.5, 0.6) is 0 Å². The Balaban J connectivity index is 2.06. The Morgan fingerprint density at radius 3 is 2.88 bits per heavy atom. The van der Waals surface area contributed by atoms with E-state index in [4.69, 9.17) is 6.57 Å². The van der Waals surface area contributed by atoms with Crippen LogP contribution in [0.4, 0.5) is 15.9 Å². The van der Waals surface area contributed by atoms with Crippen molar-refractivity contribution >= 4 is 11.5 Å². The van der Waals surface area contributed by atoms with Gasteiger partial charge in [0.15, 0.2) is 0 Å². The number of nitrogens with zero attached hydrogens (tertiary/aromatic N) is 3. The van der Waals surface area contributed by atoms with Gasteiger partial charge in [-0.25, -0.2) is 14.2 Å². The van der Waals surface area contributed by atoms with Gasteiger partial charge in [0, 0.05) is 18.9 Å². The lowest BCUT2D eigenvalue weighted by atomic mass is 10.2. The van der Waals surface area contributed by atoms with E-state index in [1.165, 1.54) is 12.1 Å². The van der Waals surface area contributed by atoms with Crippen molar-refractivity contribution in [1.29, 1.82) is 0 Å². The van der Waals surface area contributed by atoms with Gasteiger partial charge in [-0.05, 0) is 11.6 Å². The average Bonchev–Trinajstić information content (AvgIpc) is 2.38. The van der Waals surface area contributed by atoms with Gasteiger partial charge < -0.3 is 5.32 Å². The van der Waals surface area contributed by atoms with Crippen molar-refractivity contribution in [3.63, 3.8) is 0 Å². The smallest absolute Gasteiger partial charge is 0.222 e. The summed E-state index contributed by atoms with van der Waals surface area (Å²) < 4.78 is 13.3. The molecule has 2 aromatic rings. The van der Waals surface area contributed by atoms with Crippen molar-refractivity contribution in [3.05, 3.63) is 59.6 Å². The van der Waals surface area contributed by atoms with E-state index in [-0.39, 0.29) is 5.69 Å². The van der Waals surface area contributed by atoms with E-state index in [0.29, 0.717) is 12.4 Å². The minimum Gasteiger partial charge on any atom is -0.365 e. The van der Waals surface area contributed by atoms with E-state index in [9.17, 15) is 4.39 Å². The SMILES string of the molecule is [C-]#[N+]c1ccc(CNc2cnccn2)cc1F. The number of aromatic nitrogens is 2. The Hall–Kier alpha value is -2.48. The largest absolute Gasteiger partial charge is 0.365 e. The van der Waals surface area contributed by atoms with Crippen molar-refractivity contribution in [2.75, 3.05) is 5.32 Å². The highest BCUT2D eigenvalue weighted by atomic mass is 19.1. The summed E-state index contributed by atoms with van der Waals surface area (Å²) >= 11 is 0. The van der Waals surface area contributed by atoms with Crippen LogP contribution in [0.1, 0.15) is 5.56 Å². The van der Waals surface area contributed by atoms with E-state index in [1.807, 2.05) is 0 Å². The summed E-state index contributed by atoms with van der Waals surface area (Å²) in [6, 6.07) is 4.52. The van der Waals surface area contributed by atoms with Gasteiger partial charge in [-0.2, -0.15) is 0 Å². The number of rotatable bonds is 3. The van der Waals surface area contributed by atoms with E-state index in [2.05, 4.69) is 20.1 Å². The Labute approximate surface area is 98.0 Å². The zero-order chi connectivity index (χ0) is 12.1. The second-order valence-electron chi connectivity index (χ2n) is 3.34. The van der Waals surface area contributed by atoms with Crippen LogP contribution >= 0.6 is 0 Å². The zero-order valence-electron chi connectivity index (χ0n) is 8.89. The van der Waals surface area contributed by atoms with Gasteiger partial charge in [0.2, 0.25) is 5.69 Å². The molecule has 0 aliphatic carbocycles. The minimum atomic E-state index is -0.501. The summed E-state index contributed by atoms with van der Waals surface area (Å²) in [6.07, 6.45) is 4.74. The van der Waals surface area contributed by atoms with Crippen molar-refractivity contribution in [2.45, 2.75) is 6.54 Å². The molecule has 0 radical (unpaired) electrons. The molecule has 2 rings (SSSR count). The number of halogens is 1. The van der Waals surface area contributed by atoms with Gasteiger partial charge in [-0.1, -0.05) is 12.1 Å². The van der Waals surface area contributed by atoms with Crippen LogP contribution in [0.3, 0.4) is 0 Å². The van der Waals surface area contributed by atoms with Crippen LogP contribution in [0, 0.1) is 12.4 Å². The van der Waals surface area contributed by atoms with Crippen LogP contribution < -0.4 is 5.32 Å². The summed E-state index contributed by atoms with van der Waals surface area (Å²) in [7, 11) is 0. The summed E-state index contributed by atoms with van der Waals surface area (Å²) in [6.45, 7) is 7.18. The van der Waals surface area contributed by atoms with Crippen LogP contribution in [0.2, 0.25) is 0 Å². The molecule has 0 unspecified atom stereocenters. The Morgan fingerprint density at radius 1 is 1.35 bits per heavy atom. The molecule has 0 amide bonds. The molecule has 0 saturated heterocycles. The van der Waals surface area contributed by atoms with E-state index < -0.39 is 5.82 Å². The molecule has 1 heterocycles. The van der Waals surface area contributed by atoms with E-state index >= 15 is 0 Å². The van der Waals surface area contributed by atoms with Crippen molar-refractivity contribution in [3.8, 4) is 0 Å². The third-order valence-corrected chi connectivity index (χ3v) is 2.17. The molecule has 1 N–H and O–H groups in total. The second kappa shape index (κ2) is 5.03. The summed E-state index contributed by atoms with van der Waals surface area (Å²) in [4.78, 5) is 11.0. The Bertz CT molecular complexity index is 548. The molecule has 5 heteroatoms. The van der Waals surface area contributed by atoms with Gasteiger partial charge in [-0.3, -0.25) is 4.98 Å². The molecule has 0 aliphatic rings. The van der Waals surface area contributed by atoms with Crippen molar-refractivity contribution < 1.29 is 4.39 Å². The van der Waals surface area contributed by atoms with Gasteiger partial charge in [0.1, 0.15) is 11.6 Å². The van der Waals surface area contributed by atoms with Crippen molar-refractivity contribution in [2.24, 2.45) is 0 Å². The highest BCUT2D eigenvalue weighted by Gasteiger charge is 2.02. The first kappa shape index (κ1) is 11.0. The molecular formula is C12H9FN4. The van der Waals surface area contributed by atoms with Gasteiger partial charge in [-0.15, -0.1) is 0 Å². The predicted molar refractivity (Wildman–Crippen MR) is 62.0 cm³/mol.